The first-order chi connectivity index (χ1) is 10.9. The number of nitrogens with zero attached hydrogens (tertiary/aromatic N) is 2. The molecule has 0 radical (unpaired) electrons. The minimum absolute atomic E-state index is 0.141. The van der Waals surface area contributed by atoms with Crippen LogP contribution < -0.4 is 4.74 Å². The number of aliphatic hydroxyl groups is 1. The molecule has 1 aromatic rings. The van der Waals surface area contributed by atoms with Gasteiger partial charge in [0.15, 0.2) is 11.5 Å². The Morgan fingerprint density at radius 3 is 2.65 bits per heavy atom. The topological polar surface area (TPSA) is 70.1 Å². The van der Waals surface area contributed by atoms with Crippen molar-refractivity contribution < 1.29 is 19.4 Å². The van der Waals surface area contributed by atoms with Gasteiger partial charge in [0.05, 0.1) is 18.7 Å². The Bertz CT molecular complexity index is 652. The van der Waals surface area contributed by atoms with Crippen LogP contribution in [0.1, 0.15) is 18.5 Å². The number of carbonyl (C=O) groups excluding carboxylic acids is 2. The second-order valence-corrected chi connectivity index (χ2v) is 5.80. The lowest BCUT2D eigenvalue weighted by molar-refractivity contribution is -0.129. The number of ether oxygens (including phenoxy) is 1. The Hall–Kier alpha value is -2.34. The summed E-state index contributed by atoms with van der Waals surface area (Å²) < 4.78 is 5.22. The number of benzene rings is 1. The molecule has 0 saturated carbocycles. The number of carbonyl (C=O) groups is 2. The summed E-state index contributed by atoms with van der Waals surface area (Å²) in [5, 5.41) is 10.1. The molecule has 1 aliphatic heterocycles. The van der Waals surface area contributed by atoms with Crippen LogP contribution in [-0.4, -0.2) is 60.9 Å². The third kappa shape index (κ3) is 3.37. The molecule has 0 spiro atoms. The number of Topliss-reactive ketones (excluding diaryl/α,β-unsaturated/α-hetero) is 1. The van der Waals surface area contributed by atoms with Crippen molar-refractivity contribution in [3.63, 3.8) is 0 Å². The fourth-order valence-electron chi connectivity index (χ4n) is 2.71. The molecule has 1 aromatic carbocycles. The molecule has 1 N–H and O–H groups in total. The van der Waals surface area contributed by atoms with Crippen LogP contribution in [0.15, 0.2) is 35.6 Å². The number of ketones is 1. The Kier molecular flexibility index (Phi) is 5.05. The normalized spacial score (nSPS) is 18.0. The van der Waals surface area contributed by atoms with E-state index in [0.717, 1.165) is 5.56 Å². The van der Waals surface area contributed by atoms with Crippen molar-refractivity contribution >= 4 is 11.7 Å². The Morgan fingerprint density at radius 2 is 2.09 bits per heavy atom. The highest BCUT2D eigenvalue weighted by atomic mass is 16.5. The fourth-order valence-corrected chi connectivity index (χ4v) is 2.71. The highest BCUT2D eigenvalue weighted by Gasteiger charge is 2.42. The lowest BCUT2D eigenvalue weighted by Gasteiger charge is -2.28. The maximum Gasteiger partial charge on any atom is 0.290 e. The van der Waals surface area contributed by atoms with Crippen LogP contribution in [-0.2, 0) is 9.59 Å². The monoisotopic (exact) mass is 318 g/mol. The van der Waals surface area contributed by atoms with E-state index in [1.807, 2.05) is 25.1 Å². The standard InChI is InChI=1S/C17H22N2O4/c1-11(20)14-15(12-6-5-7-13(10-12)23-4)19(9-8-18(2)3)17(22)16(14)21/h5-7,10,15,21H,8-9H2,1-4H3. The van der Waals surface area contributed by atoms with Gasteiger partial charge in [-0.2, -0.15) is 0 Å². The van der Waals surface area contributed by atoms with Crippen LogP contribution >= 0.6 is 0 Å². The summed E-state index contributed by atoms with van der Waals surface area (Å²) in [6.45, 7) is 2.40. The van der Waals surface area contributed by atoms with Gasteiger partial charge in [-0.05, 0) is 38.7 Å². The van der Waals surface area contributed by atoms with Crippen molar-refractivity contribution in [1.29, 1.82) is 0 Å². The maximum absolute atomic E-state index is 12.4. The minimum atomic E-state index is -0.588. The molecular weight excluding hydrogens is 296 g/mol. The Labute approximate surface area is 136 Å². The lowest BCUT2D eigenvalue weighted by Crippen LogP contribution is -2.36. The summed E-state index contributed by atoms with van der Waals surface area (Å²) >= 11 is 0. The second-order valence-electron chi connectivity index (χ2n) is 5.80. The summed E-state index contributed by atoms with van der Waals surface area (Å²) in [5.74, 6) is -0.637. The summed E-state index contributed by atoms with van der Waals surface area (Å²) in [6, 6.07) is 6.61. The average Bonchev–Trinajstić information content (AvgIpc) is 2.77. The average molecular weight is 318 g/mol. The predicted octanol–water partition coefficient (Wildman–Crippen LogP) is 1.54. The first kappa shape index (κ1) is 17.0. The summed E-state index contributed by atoms with van der Waals surface area (Å²) in [6.07, 6.45) is 0. The molecule has 6 nitrogen and oxygen atoms in total. The highest BCUT2D eigenvalue weighted by Crippen LogP contribution is 2.38. The van der Waals surface area contributed by atoms with Crippen LogP contribution in [0.4, 0.5) is 0 Å². The van der Waals surface area contributed by atoms with Gasteiger partial charge < -0.3 is 19.6 Å². The van der Waals surface area contributed by atoms with E-state index in [2.05, 4.69) is 0 Å². The zero-order chi connectivity index (χ0) is 17.1. The molecule has 124 valence electrons. The molecule has 0 aromatic heterocycles. The molecule has 23 heavy (non-hydrogen) atoms. The molecule has 1 atom stereocenters. The molecule has 0 fully saturated rings. The molecule has 0 bridgehead atoms. The van der Waals surface area contributed by atoms with E-state index in [1.165, 1.54) is 11.8 Å². The lowest BCUT2D eigenvalue weighted by atomic mass is 9.96. The van der Waals surface area contributed by atoms with Gasteiger partial charge in [0, 0.05) is 13.1 Å². The fraction of sp³-hybridized carbons (Fsp3) is 0.412. The molecule has 1 amide bonds. The van der Waals surface area contributed by atoms with Crippen molar-refractivity contribution in [3.8, 4) is 5.75 Å². The zero-order valence-electron chi connectivity index (χ0n) is 13.9. The predicted molar refractivity (Wildman–Crippen MR) is 86.3 cm³/mol. The third-order valence-electron chi connectivity index (χ3n) is 3.88. The molecular formula is C17H22N2O4. The smallest absolute Gasteiger partial charge is 0.290 e. The first-order valence-electron chi connectivity index (χ1n) is 7.40. The SMILES string of the molecule is COc1cccc(C2C(C(C)=O)=C(O)C(=O)N2CCN(C)C)c1. The molecule has 1 heterocycles. The zero-order valence-corrected chi connectivity index (χ0v) is 13.9. The molecule has 1 unspecified atom stereocenters. The van der Waals surface area contributed by atoms with E-state index in [0.29, 0.717) is 18.8 Å². The van der Waals surface area contributed by atoms with Crippen molar-refractivity contribution in [2.45, 2.75) is 13.0 Å². The molecule has 6 heteroatoms. The van der Waals surface area contributed by atoms with Gasteiger partial charge in [-0.15, -0.1) is 0 Å². The first-order valence-corrected chi connectivity index (χ1v) is 7.40. The van der Waals surface area contributed by atoms with Crippen molar-refractivity contribution in [3.05, 3.63) is 41.2 Å². The Morgan fingerprint density at radius 1 is 1.39 bits per heavy atom. The third-order valence-corrected chi connectivity index (χ3v) is 3.88. The molecule has 0 saturated heterocycles. The van der Waals surface area contributed by atoms with Crippen molar-refractivity contribution in [2.75, 3.05) is 34.3 Å². The van der Waals surface area contributed by atoms with E-state index in [1.54, 1.807) is 25.3 Å². The van der Waals surface area contributed by atoms with Crippen molar-refractivity contribution in [1.82, 2.24) is 9.80 Å². The number of rotatable bonds is 6. The van der Waals surface area contributed by atoms with Crippen LogP contribution in [0.5, 0.6) is 5.75 Å². The maximum atomic E-state index is 12.4. The van der Waals surface area contributed by atoms with Crippen LogP contribution in [0.3, 0.4) is 0 Å². The number of methoxy groups -OCH3 is 1. The largest absolute Gasteiger partial charge is 0.503 e. The van der Waals surface area contributed by atoms with Gasteiger partial charge in [-0.25, -0.2) is 0 Å². The van der Waals surface area contributed by atoms with Crippen LogP contribution in [0.2, 0.25) is 0 Å². The number of amides is 1. The van der Waals surface area contributed by atoms with E-state index in [9.17, 15) is 14.7 Å². The highest BCUT2D eigenvalue weighted by molar-refractivity contribution is 6.08. The Balaban J connectivity index is 2.46. The summed E-state index contributed by atoms with van der Waals surface area (Å²) in [7, 11) is 5.36. The summed E-state index contributed by atoms with van der Waals surface area (Å²) in [5.41, 5.74) is 0.882. The number of aliphatic hydroxyl groups excluding tert-OH is 1. The van der Waals surface area contributed by atoms with Crippen molar-refractivity contribution in [2.24, 2.45) is 0 Å². The molecule has 2 rings (SSSR count). The van der Waals surface area contributed by atoms with Gasteiger partial charge in [-0.3, -0.25) is 9.59 Å². The second kappa shape index (κ2) is 6.83. The minimum Gasteiger partial charge on any atom is -0.503 e. The van der Waals surface area contributed by atoms with Crippen LogP contribution in [0.25, 0.3) is 0 Å². The number of hydrogen-bond donors (Lipinski definition) is 1. The van der Waals surface area contributed by atoms with E-state index in [-0.39, 0.29) is 11.4 Å². The molecule has 0 aliphatic carbocycles. The molecule has 1 aliphatic rings. The van der Waals surface area contributed by atoms with Gasteiger partial charge in [-0.1, -0.05) is 12.1 Å². The number of likely N-dealkylation sites (N-methyl/N-ethyl adjacent to an activating group) is 1. The van der Waals surface area contributed by atoms with E-state index >= 15 is 0 Å². The van der Waals surface area contributed by atoms with Gasteiger partial charge in [0.1, 0.15) is 5.75 Å². The van der Waals surface area contributed by atoms with Crippen LogP contribution in [0, 0.1) is 0 Å². The quantitative estimate of drug-likeness (QED) is 0.861. The number of hydrogen-bond acceptors (Lipinski definition) is 5. The van der Waals surface area contributed by atoms with E-state index < -0.39 is 17.7 Å². The van der Waals surface area contributed by atoms with Gasteiger partial charge in [0.2, 0.25) is 0 Å². The van der Waals surface area contributed by atoms with Gasteiger partial charge >= 0.3 is 0 Å². The van der Waals surface area contributed by atoms with E-state index in [4.69, 9.17) is 4.74 Å². The summed E-state index contributed by atoms with van der Waals surface area (Å²) in [4.78, 5) is 27.8. The van der Waals surface area contributed by atoms with Gasteiger partial charge in [0.25, 0.3) is 5.91 Å².